The summed E-state index contributed by atoms with van der Waals surface area (Å²) < 4.78 is 67.1. The summed E-state index contributed by atoms with van der Waals surface area (Å²) in [6, 6.07) is 7.21. The Labute approximate surface area is 329 Å². The van der Waals surface area contributed by atoms with Crippen molar-refractivity contribution in [3.63, 3.8) is 0 Å². The standard InChI is InChI=1S/C32H41O21P.Ag/c1-13(33)22-25(44-14(2)34)28(47-17(5)37)26(45-15(3)35)23(51-22)21(40)24-27(46-16(4)36)29(48-18(6)38)30(49-19(7)39)31(52-24)32(53-54(41,42)43)50-20-11-9-8-10-12-20;/h8-12,21-32,40H,1-7H3,(H2,41,42,43);/t21?,22-,23+,24-,25-,26+,27-,28+,29+,30-,31-,32?;/m0./s1. The van der Waals surface area contributed by atoms with E-state index in [1.165, 1.54) is 24.3 Å². The summed E-state index contributed by atoms with van der Waals surface area (Å²) in [7, 11) is -5.54. The monoisotopic (exact) mass is 899 g/mol. The van der Waals surface area contributed by atoms with Crippen molar-refractivity contribution in [3.8, 4) is 5.75 Å². The fourth-order valence-corrected chi connectivity index (χ4v) is 6.35. The van der Waals surface area contributed by atoms with Gasteiger partial charge in [-0.15, -0.1) is 0 Å². The summed E-state index contributed by atoms with van der Waals surface area (Å²) in [6.07, 6.45) is -24.1. The van der Waals surface area contributed by atoms with Crippen molar-refractivity contribution in [2.24, 2.45) is 0 Å². The van der Waals surface area contributed by atoms with Gasteiger partial charge in [-0.2, -0.15) is 0 Å². The van der Waals surface area contributed by atoms with Crippen molar-refractivity contribution in [1.82, 2.24) is 0 Å². The minimum absolute atomic E-state index is 0. The molecule has 2 saturated heterocycles. The molecule has 23 heteroatoms. The number of aliphatic hydroxyl groups excluding tert-OH is 1. The molecular formula is C32H41AgO21P. The third kappa shape index (κ3) is 13.4. The van der Waals surface area contributed by atoms with E-state index in [9.17, 15) is 53.0 Å². The van der Waals surface area contributed by atoms with E-state index in [0.29, 0.717) is 0 Å². The SMILES string of the molecule is CC(=O)O[C@@H]1[C@@H](OC(C)=O)[C@H](C(C)=O)O[C@H](C(O)[C@@H]2O[C@H](C(Oc3ccccc3)OP(=O)(O)O)[C@@H](OC(C)=O)[C@H](OC(C)=O)[C@H]2OC(C)=O)[C@H]1OC(C)=O.[Ag]. The molecule has 12 atom stereocenters. The molecule has 1 aromatic carbocycles. The fourth-order valence-electron chi connectivity index (χ4n) is 5.92. The van der Waals surface area contributed by atoms with E-state index in [0.717, 1.165) is 48.5 Å². The van der Waals surface area contributed by atoms with Gasteiger partial charge >= 0.3 is 43.6 Å². The van der Waals surface area contributed by atoms with Crippen LogP contribution in [0.1, 0.15) is 48.5 Å². The normalized spacial score (nSPS) is 28.8. The van der Waals surface area contributed by atoms with E-state index in [-0.39, 0.29) is 28.1 Å². The average Bonchev–Trinajstić information content (AvgIpc) is 3.02. The summed E-state index contributed by atoms with van der Waals surface area (Å²) in [5, 5.41) is 12.2. The number of phosphoric acid groups is 1. The first-order chi connectivity index (χ1) is 25.1. The minimum atomic E-state index is -5.54. The molecule has 21 nitrogen and oxygen atoms in total. The zero-order valence-corrected chi connectivity index (χ0v) is 32.6. The number of ketones is 1. The number of esters is 6. The quantitative estimate of drug-likeness (QED) is 0.0702. The van der Waals surface area contributed by atoms with Crippen molar-refractivity contribution >= 4 is 49.4 Å². The molecule has 0 aliphatic carbocycles. The molecule has 2 heterocycles. The molecule has 0 amide bonds. The molecule has 3 N–H and O–H groups in total. The van der Waals surface area contributed by atoms with Gasteiger partial charge in [0.15, 0.2) is 54.6 Å². The van der Waals surface area contributed by atoms with Crippen LogP contribution in [0.25, 0.3) is 0 Å². The molecule has 0 aromatic heterocycles. The molecule has 55 heavy (non-hydrogen) atoms. The smallest absolute Gasteiger partial charge is 0.461 e. The van der Waals surface area contributed by atoms with Gasteiger partial charge in [-0.05, 0) is 19.1 Å². The van der Waals surface area contributed by atoms with Gasteiger partial charge in [0.2, 0.25) is 6.29 Å². The van der Waals surface area contributed by atoms with Crippen molar-refractivity contribution < 1.29 is 123 Å². The van der Waals surface area contributed by atoms with E-state index in [2.05, 4.69) is 0 Å². The van der Waals surface area contributed by atoms with E-state index >= 15 is 0 Å². The molecule has 2 unspecified atom stereocenters. The number of rotatable bonds is 14. The Hall–Kier alpha value is -3.76. The van der Waals surface area contributed by atoms with Crippen LogP contribution in [0.4, 0.5) is 0 Å². The predicted octanol–water partition coefficient (Wildman–Crippen LogP) is -0.427. The zero-order chi connectivity index (χ0) is 40.7. The number of carbonyl (C=O) groups excluding carboxylic acids is 7. The van der Waals surface area contributed by atoms with Crippen LogP contribution >= 0.6 is 7.82 Å². The molecule has 2 aliphatic heterocycles. The maximum absolute atomic E-state index is 12.9. The van der Waals surface area contributed by atoms with E-state index < -0.39 is 123 Å². The number of phosphoric ester groups is 1. The topological polar surface area (TPSA) is 290 Å². The molecule has 1 aromatic rings. The molecule has 0 bridgehead atoms. The van der Waals surface area contributed by atoms with Crippen LogP contribution in [0.3, 0.4) is 0 Å². The maximum Gasteiger partial charge on any atom is 0.472 e. The molecule has 2 fully saturated rings. The van der Waals surface area contributed by atoms with Crippen LogP contribution in [-0.2, 0) is 103 Å². The summed E-state index contributed by atoms with van der Waals surface area (Å²) >= 11 is 0. The van der Waals surface area contributed by atoms with E-state index in [1.54, 1.807) is 6.07 Å². The van der Waals surface area contributed by atoms with Crippen LogP contribution in [0.2, 0.25) is 0 Å². The fraction of sp³-hybridized carbons (Fsp3) is 0.594. The molecule has 311 valence electrons. The second-order valence-corrected chi connectivity index (χ2v) is 13.2. The largest absolute Gasteiger partial charge is 0.472 e. The van der Waals surface area contributed by atoms with E-state index in [1.807, 2.05) is 0 Å². The van der Waals surface area contributed by atoms with Gasteiger partial charge < -0.3 is 57.5 Å². The van der Waals surface area contributed by atoms with Crippen LogP contribution < -0.4 is 4.74 Å². The molecule has 2 aliphatic rings. The second-order valence-electron chi connectivity index (χ2n) is 12.0. The van der Waals surface area contributed by atoms with Crippen LogP contribution in [0.15, 0.2) is 30.3 Å². The number of benzene rings is 1. The molecular weight excluding hydrogens is 859 g/mol. The number of hydrogen-bond donors (Lipinski definition) is 3. The summed E-state index contributed by atoms with van der Waals surface area (Å²) in [6.45, 7) is 6.56. The second kappa shape index (κ2) is 20.4. The molecule has 0 saturated carbocycles. The van der Waals surface area contributed by atoms with Gasteiger partial charge in [-0.25, -0.2) is 9.09 Å². The Morgan fingerprint density at radius 2 is 0.945 bits per heavy atom. The number of carbonyl (C=O) groups is 7. The Morgan fingerprint density at radius 3 is 1.35 bits per heavy atom. The minimum Gasteiger partial charge on any atom is -0.461 e. The van der Waals surface area contributed by atoms with Crippen molar-refractivity contribution in [2.75, 3.05) is 0 Å². The van der Waals surface area contributed by atoms with Gasteiger partial charge in [0.1, 0.15) is 24.1 Å². The Morgan fingerprint density at radius 1 is 0.582 bits per heavy atom. The van der Waals surface area contributed by atoms with Gasteiger partial charge in [-0.1, -0.05) is 18.2 Å². The first-order valence-corrected chi connectivity index (χ1v) is 17.6. The Bertz CT molecular complexity index is 1600. The average molecular weight is 901 g/mol. The Kier molecular flexibility index (Phi) is 17.6. The third-order valence-electron chi connectivity index (χ3n) is 7.57. The number of para-hydroxylation sites is 1. The number of Topliss-reactive ketones (excluding diaryl/α,β-unsaturated/α-hetero) is 1. The van der Waals surface area contributed by atoms with Gasteiger partial charge in [0.25, 0.3) is 0 Å². The van der Waals surface area contributed by atoms with Crippen LogP contribution in [-0.4, -0.2) is 130 Å². The van der Waals surface area contributed by atoms with E-state index in [4.69, 9.17) is 47.2 Å². The number of hydrogen-bond acceptors (Lipinski definition) is 19. The molecule has 3 rings (SSSR count). The summed E-state index contributed by atoms with van der Waals surface area (Å²) in [5.41, 5.74) is 0. The van der Waals surface area contributed by atoms with Gasteiger partial charge in [0, 0.05) is 63.9 Å². The number of aliphatic hydroxyl groups is 1. The predicted molar refractivity (Wildman–Crippen MR) is 171 cm³/mol. The van der Waals surface area contributed by atoms with Crippen LogP contribution in [0.5, 0.6) is 5.75 Å². The third-order valence-corrected chi connectivity index (χ3v) is 8.06. The van der Waals surface area contributed by atoms with Crippen LogP contribution in [0, 0.1) is 0 Å². The summed E-state index contributed by atoms with van der Waals surface area (Å²) in [5.74, 6) is -7.21. The van der Waals surface area contributed by atoms with Gasteiger partial charge in [0.05, 0.1) is 0 Å². The van der Waals surface area contributed by atoms with Crippen molar-refractivity contribution in [2.45, 2.75) is 122 Å². The zero-order valence-electron chi connectivity index (χ0n) is 30.3. The van der Waals surface area contributed by atoms with Crippen molar-refractivity contribution in [3.05, 3.63) is 30.3 Å². The maximum atomic E-state index is 12.9. The first-order valence-electron chi connectivity index (χ1n) is 16.1. The first kappa shape index (κ1) is 47.4. The number of ether oxygens (including phenoxy) is 9. The van der Waals surface area contributed by atoms with Crippen molar-refractivity contribution in [1.29, 1.82) is 0 Å². The van der Waals surface area contributed by atoms with Gasteiger partial charge in [-0.3, -0.25) is 33.6 Å². The molecule has 0 spiro atoms. The summed E-state index contributed by atoms with van der Waals surface area (Å²) in [4.78, 5) is 107. The molecule has 1 radical (unpaired) electrons. The Balaban J connectivity index is 0.0000105.